The number of phenolic OH excluding ortho intramolecular Hbond substituents is 1. The molecule has 2 N–H and O–H groups in total. The maximum Gasteiger partial charge on any atom is 0.266 e. The van der Waals surface area contributed by atoms with Gasteiger partial charge in [0.15, 0.2) is 0 Å². The van der Waals surface area contributed by atoms with Crippen LogP contribution in [-0.2, 0) is 4.79 Å². The van der Waals surface area contributed by atoms with E-state index in [0.717, 1.165) is 18.7 Å². The van der Waals surface area contributed by atoms with Crippen molar-refractivity contribution < 1.29 is 9.90 Å². The van der Waals surface area contributed by atoms with E-state index < -0.39 is 5.91 Å². The van der Waals surface area contributed by atoms with Gasteiger partial charge < -0.3 is 15.3 Å². The van der Waals surface area contributed by atoms with Crippen LogP contribution < -0.4 is 10.2 Å². The summed E-state index contributed by atoms with van der Waals surface area (Å²) in [5.74, 6) is -0.355. The number of aromatic hydroxyl groups is 1. The number of nitrogens with one attached hydrogen (secondary N) is 1. The molecular formula is C21H21N3O2. The topological polar surface area (TPSA) is 76.4 Å². The summed E-state index contributed by atoms with van der Waals surface area (Å²) < 4.78 is 0. The minimum atomic E-state index is -0.474. The van der Waals surface area contributed by atoms with E-state index in [9.17, 15) is 15.2 Å². The second-order valence-corrected chi connectivity index (χ2v) is 6.31. The summed E-state index contributed by atoms with van der Waals surface area (Å²) >= 11 is 0. The summed E-state index contributed by atoms with van der Waals surface area (Å²) in [4.78, 5) is 14.6. The third kappa shape index (κ3) is 4.42. The lowest BCUT2D eigenvalue weighted by Crippen LogP contribution is -2.29. The van der Waals surface area contributed by atoms with E-state index in [1.54, 1.807) is 18.2 Å². The minimum Gasteiger partial charge on any atom is -0.508 e. The summed E-state index contributed by atoms with van der Waals surface area (Å²) in [6.45, 7) is 2.15. The lowest BCUT2D eigenvalue weighted by atomic mass is 10.1. The van der Waals surface area contributed by atoms with Crippen LogP contribution in [0.1, 0.15) is 24.8 Å². The van der Waals surface area contributed by atoms with Gasteiger partial charge in [-0.15, -0.1) is 0 Å². The maximum atomic E-state index is 12.3. The SMILES string of the molecule is N#C/C(=C/c1ccc(N2CCCCC2)cc1)C(=O)Nc1ccc(O)cc1. The van der Waals surface area contributed by atoms with Gasteiger partial charge in [-0.25, -0.2) is 0 Å². The average Bonchev–Trinajstić information content (AvgIpc) is 2.69. The molecular weight excluding hydrogens is 326 g/mol. The Morgan fingerprint density at radius 1 is 1.04 bits per heavy atom. The van der Waals surface area contributed by atoms with Crippen molar-refractivity contribution in [2.24, 2.45) is 0 Å². The number of phenols is 1. The molecule has 1 heterocycles. The van der Waals surface area contributed by atoms with Crippen molar-refractivity contribution in [1.82, 2.24) is 0 Å². The highest BCUT2D eigenvalue weighted by atomic mass is 16.3. The number of carbonyl (C=O) groups is 1. The van der Waals surface area contributed by atoms with Gasteiger partial charge in [0.1, 0.15) is 17.4 Å². The van der Waals surface area contributed by atoms with E-state index >= 15 is 0 Å². The largest absolute Gasteiger partial charge is 0.508 e. The van der Waals surface area contributed by atoms with Gasteiger partial charge >= 0.3 is 0 Å². The molecule has 0 saturated carbocycles. The fourth-order valence-corrected chi connectivity index (χ4v) is 2.99. The van der Waals surface area contributed by atoms with E-state index in [0.29, 0.717) is 5.69 Å². The summed E-state index contributed by atoms with van der Waals surface area (Å²) in [5, 5.41) is 21.2. The predicted octanol–water partition coefficient (Wildman–Crippen LogP) is 3.93. The van der Waals surface area contributed by atoms with Gasteiger partial charge in [-0.1, -0.05) is 12.1 Å². The fourth-order valence-electron chi connectivity index (χ4n) is 2.99. The molecule has 1 amide bonds. The molecule has 0 radical (unpaired) electrons. The molecule has 1 aliphatic heterocycles. The first-order chi connectivity index (χ1) is 12.7. The minimum absolute atomic E-state index is 0.0313. The van der Waals surface area contributed by atoms with Crippen molar-refractivity contribution in [2.75, 3.05) is 23.3 Å². The number of nitrogens with zero attached hydrogens (tertiary/aromatic N) is 2. The zero-order valence-electron chi connectivity index (χ0n) is 14.5. The summed E-state index contributed by atoms with van der Waals surface area (Å²) in [5.41, 5.74) is 2.54. The first kappa shape index (κ1) is 17.6. The van der Waals surface area contributed by atoms with Gasteiger partial charge in [-0.3, -0.25) is 4.79 Å². The normalized spacial score (nSPS) is 14.6. The van der Waals surface area contributed by atoms with Gasteiger partial charge in [0, 0.05) is 24.5 Å². The summed E-state index contributed by atoms with van der Waals surface area (Å²) in [7, 11) is 0. The van der Waals surface area contributed by atoms with Crippen molar-refractivity contribution in [2.45, 2.75) is 19.3 Å². The molecule has 0 aliphatic carbocycles. The highest BCUT2D eigenvalue weighted by Crippen LogP contribution is 2.21. The molecule has 0 atom stereocenters. The van der Waals surface area contributed by atoms with Crippen LogP contribution in [0.5, 0.6) is 5.75 Å². The lowest BCUT2D eigenvalue weighted by molar-refractivity contribution is -0.112. The van der Waals surface area contributed by atoms with Gasteiger partial charge in [-0.05, 0) is 67.3 Å². The molecule has 0 unspecified atom stereocenters. The zero-order valence-corrected chi connectivity index (χ0v) is 14.5. The second-order valence-electron chi connectivity index (χ2n) is 6.31. The van der Waals surface area contributed by atoms with Gasteiger partial charge in [-0.2, -0.15) is 5.26 Å². The number of benzene rings is 2. The molecule has 2 aromatic carbocycles. The van der Waals surface area contributed by atoms with Gasteiger partial charge in [0.05, 0.1) is 0 Å². The molecule has 1 saturated heterocycles. The predicted molar refractivity (Wildman–Crippen MR) is 103 cm³/mol. The van der Waals surface area contributed by atoms with Crippen LogP contribution in [0.15, 0.2) is 54.1 Å². The lowest BCUT2D eigenvalue weighted by Gasteiger charge is -2.28. The molecule has 2 aromatic rings. The number of carbonyl (C=O) groups excluding carboxylic acids is 1. The highest BCUT2D eigenvalue weighted by molar-refractivity contribution is 6.09. The molecule has 0 bridgehead atoms. The molecule has 1 aliphatic rings. The maximum absolute atomic E-state index is 12.3. The van der Waals surface area contributed by atoms with Gasteiger partial charge in [0.2, 0.25) is 0 Å². The first-order valence-electron chi connectivity index (χ1n) is 8.73. The summed E-state index contributed by atoms with van der Waals surface area (Å²) in [6.07, 6.45) is 5.31. The Balaban J connectivity index is 1.70. The van der Waals surface area contributed by atoms with Crippen molar-refractivity contribution >= 4 is 23.4 Å². The standard InChI is InChI=1S/C21H21N3O2/c22-15-17(21(26)23-18-6-10-20(25)11-7-18)14-16-4-8-19(9-5-16)24-12-2-1-3-13-24/h4-11,14,25H,1-3,12-13H2,(H,23,26)/b17-14-. The fraction of sp³-hybridized carbons (Fsp3) is 0.238. The number of nitriles is 1. The average molecular weight is 347 g/mol. The van der Waals surface area contributed by atoms with E-state index in [2.05, 4.69) is 10.2 Å². The second kappa shape index (κ2) is 8.21. The Morgan fingerprint density at radius 3 is 2.31 bits per heavy atom. The number of anilines is 2. The van der Waals surface area contributed by atoms with E-state index in [1.807, 2.05) is 30.3 Å². The van der Waals surface area contributed by atoms with Crippen LogP contribution in [0.25, 0.3) is 6.08 Å². The van der Waals surface area contributed by atoms with E-state index in [4.69, 9.17) is 0 Å². The van der Waals surface area contributed by atoms with Gasteiger partial charge in [0.25, 0.3) is 5.91 Å². The Bertz CT molecular complexity index is 827. The molecule has 1 fully saturated rings. The first-order valence-corrected chi connectivity index (χ1v) is 8.73. The Hall–Kier alpha value is -3.26. The van der Waals surface area contributed by atoms with E-state index in [1.165, 1.54) is 37.1 Å². The summed E-state index contributed by atoms with van der Waals surface area (Å²) in [6, 6.07) is 16.0. The Labute approximate surface area is 153 Å². The Morgan fingerprint density at radius 2 is 1.69 bits per heavy atom. The zero-order chi connectivity index (χ0) is 18.4. The smallest absolute Gasteiger partial charge is 0.266 e. The number of hydrogen-bond donors (Lipinski definition) is 2. The molecule has 132 valence electrons. The van der Waals surface area contributed by atoms with Crippen LogP contribution in [0, 0.1) is 11.3 Å². The Kier molecular flexibility index (Phi) is 5.55. The number of amides is 1. The number of hydrogen-bond acceptors (Lipinski definition) is 4. The monoisotopic (exact) mass is 347 g/mol. The highest BCUT2D eigenvalue weighted by Gasteiger charge is 2.12. The molecule has 26 heavy (non-hydrogen) atoms. The third-order valence-corrected chi connectivity index (χ3v) is 4.42. The van der Waals surface area contributed by atoms with Crippen LogP contribution in [0.3, 0.4) is 0 Å². The van der Waals surface area contributed by atoms with Crippen LogP contribution >= 0.6 is 0 Å². The molecule has 0 spiro atoms. The van der Waals surface area contributed by atoms with E-state index in [-0.39, 0.29) is 11.3 Å². The van der Waals surface area contributed by atoms with Crippen LogP contribution in [0.4, 0.5) is 11.4 Å². The van der Waals surface area contributed by atoms with Crippen molar-refractivity contribution in [3.63, 3.8) is 0 Å². The number of rotatable bonds is 4. The molecule has 0 aromatic heterocycles. The van der Waals surface area contributed by atoms with Crippen molar-refractivity contribution in [1.29, 1.82) is 5.26 Å². The van der Waals surface area contributed by atoms with Crippen LogP contribution in [-0.4, -0.2) is 24.1 Å². The van der Waals surface area contributed by atoms with Crippen molar-refractivity contribution in [3.8, 4) is 11.8 Å². The molecule has 5 heteroatoms. The third-order valence-electron chi connectivity index (χ3n) is 4.42. The molecule has 3 rings (SSSR count). The molecule has 5 nitrogen and oxygen atoms in total. The van der Waals surface area contributed by atoms with Crippen LogP contribution in [0.2, 0.25) is 0 Å². The number of piperidine rings is 1. The quantitative estimate of drug-likeness (QED) is 0.499. The van der Waals surface area contributed by atoms with Crippen molar-refractivity contribution in [3.05, 3.63) is 59.7 Å².